The van der Waals surface area contributed by atoms with Gasteiger partial charge in [0.15, 0.2) is 5.56 Å². The molecule has 0 aromatic rings. The Morgan fingerprint density at radius 3 is 2.30 bits per heavy atom. The lowest BCUT2D eigenvalue weighted by atomic mass is 10.3. The minimum absolute atomic E-state index is 0. The number of aliphatic hydroxyl groups is 1. The number of hydrogen-bond acceptors (Lipinski definition) is 4. The van der Waals surface area contributed by atoms with Crippen molar-refractivity contribution in [1.29, 1.82) is 0 Å². The summed E-state index contributed by atoms with van der Waals surface area (Å²) in [5.74, 6) is -0.725. The molecule has 0 rings (SSSR count). The van der Waals surface area contributed by atoms with E-state index in [4.69, 9.17) is 22.4 Å². The predicted octanol–water partition coefficient (Wildman–Crippen LogP) is -0.534. The van der Waals surface area contributed by atoms with E-state index in [1.807, 2.05) is 0 Å². The first-order valence-electron chi connectivity index (χ1n) is 2.25. The van der Waals surface area contributed by atoms with Crippen molar-refractivity contribution >= 4 is 30.0 Å². The first kappa shape index (κ1) is 12.6. The van der Waals surface area contributed by atoms with Gasteiger partial charge in [-0.25, -0.2) is 0 Å². The molecule has 0 aliphatic heterocycles. The molecule has 0 saturated heterocycles. The fourth-order valence-corrected chi connectivity index (χ4v) is 0.351. The molecule has 6 heteroatoms. The molecule has 0 aliphatic carbocycles. The van der Waals surface area contributed by atoms with Crippen molar-refractivity contribution in [3.8, 4) is 0 Å². The molecule has 0 fully saturated rings. The molecule has 0 spiro atoms. The van der Waals surface area contributed by atoms with Gasteiger partial charge in [-0.1, -0.05) is 11.6 Å². The Balaban J connectivity index is 0. The van der Waals surface area contributed by atoms with Gasteiger partial charge < -0.3 is 15.6 Å². The summed E-state index contributed by atoms with van der Waals surface area (Å²) >= 11 is 5.03. The minimum Gasteiger partial charge on any atom is -0.468 e. The Morgan fingerprint density at radius 2 is 2.20 bits per heavy atom. The Bertz CT molecular complexity index is 109. The maximum Gasteiger partial charge on any atom is 0.326 e. The summed E-state index contributed by atoms with van der Waals surface area (Å²) in [6.45, 7) is 0. The van der Waals surface area contributed by atoms with Crippen LogP contribution in [0.15, 0.2) is 0 Å². The number of alkyl halides is 1. The number of nitrogens with two attached hydrogens (primary N) is 1. The summed E-state index contributed by atoms with van der Waals surface area (Å²) in [7, 11) is 1.17. The molecule has 62 valence electrons. The number of hydrogen-bond donors (Lipinski definition) is 2. The number of rotatable bonds is 2. The number of ether oxygens (including phenoxy) is 1. The third-order valence-corrected chi connectivity index (χ3v) is 1.04. The molecule has 0 saturated carbocycles. The minimum atomic E-state index is -1.38. The average molecular weight is 190 g/mol. The molecule has 0 amide bonds. The van der Waals surface area contributed by atoms with Crippen LogP contribution in [-0.2, 0) is 9.53 Å². The van der Waals surface area contributed by atoms with Crippen molar-refractivity contribution in [1.82, 2.24) is 0 Å². The maximum atomic E-state index is 10.4. The number of halogens is 2. The van der Waals surface area contributed by atoms with Crippen LogP contribution in [-0.4, -0.2) is 29.8 Å². The van der Waals surface area contributed by atoms with E-state index in [1.165, 1.54) is 7.11 Å². The predicted molar refractivity (Wildman–Crippen MR) is 39.1 cm³/mol. The van der Waals surface area contributed by atoms with Crippen LogP contribution in [0, 0.1) is 0 Å². The van der Waals surface area contributed by atoms with E-state index in [2.05, 4.69) is 4.74 Å². The summed E-state index contributed by atoms with van der Waals surface area (Å²) in [5, 5.41) is 8.46. The average Bonchev–Trinajstić information content (AvgIpc) is 1.84. The van der Waals surface area contributed by atoms with Gasteiger partial charge in [0.2, 0.25) is 0 Å². The van der Waals surface area contributed by atoms with Crippen LogP contribution in [0.2, 0.25) is 0 Å². The van der Waals surface area contributed by atoms with E-state index < -0.39 is 17.6 Å². The highest BCUT2D eigenvalue weighted by Gasteiger charge is 2.20. The monoisotopic (exact) mass is 189 g/mol. The molecule has 3 N–H and O–H groups in total. The van der Waals surface area contributed by atoms with Crippen molar-refractivity contribution in [2.45, 2.75) is 11.6 Å². The summed E-state index contributed by atoms with van der Waals surface area (Å²) in [4.78, 5) is 10.4. The van der Waals surface area contributed by atoms with Crippen LogP contribution in [0.5, 0.6) is 0 Å². The van der Waals surface area contributed by atoms with Crippen molar-refractivity contribution in [2.24, 2.45) is 5.73 Å². The smallest absolute Gasteiger partial charge is 0.326 e. The van der Waals surface area contributed by atoms with Gasteiger partial charge in [0, 0.05) is 0 Å². The maximum absolute atomic E-state index is 10.4. The van der Waals surface area contributed by atoms with E-state index in [0.717, 1.165) is 0 Å². The number of carbonyl (C=O) groups is 1. The Labute approximate surface area is 69.7 Å². The van der Waals surface area contributed by atoms with Gasteiger partial charge in [0.05, 0.1) is 7.11 Å². The molecule has 0 heterocycles. The molecular weight excluding hydrogens is 181 g/mol. The highest BCUT2D eigenvalue weighted by Crippen LogP contribution is 1.96. The Morgan fingerprint density at radius 1 is 1.80 bits per heavy atom. The zero-order valence-electron chi connectivity index (χ0n) is 5.28. The van der Waals surface area contributed by atoms with Gasteiger partial charge in [-0.2, -0.15) is 0 Å². The van der Waals surface area contributed by atoms with E-state index in [1.54, 1.807) is 0 Å². The van der Waals surface area contributed by atoms with Gasteiger partial charge in [0.25, 0.3) is 0 Å². The molecule has 0 radical (unpaired) electrons. The van der Waals surface area contributed by atoms with Gasteiger partial charge >= 0.3 is 5.97 Å². The van der Waals surface area contributed by atoms with Gasteiger partial charge in [-0.3, -0.25) is 4.79 Å². The standard InChI is InChI=1S/C4H8ClNO3.ClH/c1-9-4(8)2(6)3(5)7;/h2-3,7H,6H2,1H3;1H/t2-,3-;/m0./s1. The second-order valence-electron chi connectivity index (χ2n) is 1.42. The SMILES string of the molecule is COC(=O)[C@@H](N)[C@H](O)Cl.Cl. The second kappa shape index (κ2) is 5.73. The van der Waals surface area contributed by atoms with Gasteiger partial charge in [-0.15, -0.1) is 12.4 Å². The summed E-state index contributed by atoms with van der Waals surface area (Å²) in [5.41, 5.74) is 3.64. The lowest BCUT2D eigenvalue weighted by molar-refractivity contribution is -0.143. The van der Waals surface area contributed by atoms with Crippen LogP contribution in [0.3, 0.4) is 0 Å². The van der Waals surface area contributed by atoms with Gasteiger partial charge in [-0.05, 0) is 0 Å². The summed E-state index contributed by atoms with van der Waals surface area (Å²) in [6.07, 6.45) is 0. The van der Waals surface area contributed by atoms with Crippen molar-refractivity contribution in [3.05, 3.63) is 0 Å². The molecule has 0 aromatic carbocycles. The van der Waals surface area contributed by atoms with Crippen molar-refractivity contribution < 1.29 is 14.6 Å². The van der Waals surface area contributed by atoms with Crippen LogP contribution >= 0.6 is 24.0 Å². The van der Waals surface area contributed by atoms with Crippen LogP contribution < -0.4 is 5.73 Å². The summed E-state index contributed by atoms with van der Waals surface area (Å²) < 4.78 is 4.16. The third kappa shape index (κ3) is 3.90. The molecule has 0 aromatic heterocycles. The van der Waals surface area contributed by atoms with Crippen LogP contribution in [0.25, 0.3) is 0 Å². The van der Waals surface area contributed by atoms with E-state index in [0.29, 0.717) is 0 Å². The molecule has 0 aliphatic rings. The summed E-state index contributed by atoms with van der Waals surface area (Å²) in [6, 6.07) is -1.16. The van der Waals surface area contributed by atoms with E-state index in [-0.39, 0.29) is 12.4 Å². The van der Waals surface area contributed by atoms with Crippen LogP contribution in [0.4, 0.5) is 0 Å². The molecule has 0 unspecified atom stereocenters. The number of aliphatic hydroxyl groups excluding tert-OH is 1. The number of methoxy groups -OCH3 is 1. The van der Waals surface area contributed by atoms with Crippen LogP contribution in [0.1, 0.15) is 0 Å². The van der Waals surface area contributed by atoms with Crippen molar-refractivity contribution in [3.63, 3.8) is 0 Å². The highest BCUT2D eigenvalue weighted by atomic mass is 35.5. The van der Waals surface area contributed by atoms with E-state index >= 15 is 0 Å². The molecule has 4 nitrogen and oxygen atoms in total. The van der Waals surface area contributed by atoms with Gasteiger partial charge in [0.1, 0.15) is 6.04 Å². The highest BCUT2D eigenvalue weighted by molar-refractivity contribution is 6.21. The van der Waals surface area contributed by atoms with Crippen molar-refractivity contribution in [2.75, 3.05) is 7.11 Å². The lowest BCUT2D eigenvalue weighted by Crippen LogP contribution is -2.39. The zero-order valence-corrected chi connectivity index (χ0v) is 6.85. The quantitative estimate of drug-likeness (QED) is 0.453. The Kier molecular flexibility index (Phi) is 7.24. The topological polar surface area (TPSA) is 72.5 Å². The molecule has 2 atom stereocenters. The fourth-order valence-electron chi connectivity index (χ4n) is 0.248. The molecular formula is C4H9Cl2NO3. The Hall–Kier alpha value is -0.0300. The molecule has 10 heavy (non-hydrogen) atoms. The number of esters is 1. The first-order valence-corrected chi connectivity index (χ1v) is 2.68. The molecule has 0 bridgehead atoms. The largest absolute Gasteiger partial charge is 0.468 e. The second-order valence-corrected chi connectivity index (χ2v) is 1.87. The number of carbonyl (C=O) groups excluding carboxylic acids is 1. The normalized spacial score (nSPS) is 14.8. The zero-order chi connectivity index (χ0) is 7.44. The third-order valence-electron chi connectivity index (χ3n) is 0.770. The van der Waals surface area contributed by atoms with E-state index in [9.17, 15) is 4.79 Å². The lowest BCUT2D eigenvalue weighted by Gasteiger charge is -2.08. The fraction of sp³-hybridized carbons (Fsp3) is 0.750. The first-order chi connectivity index (χ1) is 4.09.